The molecule has 1 aromatic carbocycles. The molecule has 2 N–H and O–H groups in total. The fourth-order valence-corrected chi connectivity index (χ4v) is 2.40. The standard InChI is InChI=1S/C19H26N2O5/c1-12(2)10-15(21-17(23)14-8-6-5-7-9-14)18(24)20-13(3)11-16(22)19(25)26-4/h5-9,12-13,15H,10-11H2,1-4H3,(H,20,24)(H,21,23)/t13?,15-/m0/s1. The predicted octanol–water partition coefficient (Wildman–Crippen LogP) is 1.47. The number of carbonyl (C=O) groups is 4. The average molecular weight is 362 g/mol. The van der Waals surface area contributed by atoms with Gasteiger partial charge in [0.25, 0.3) is 5.91 Å². The van der Waals surface area contributed by atoms with Gasteiger partial charge in [-0.05, 0) is 31.4 Å². The molecule has 2 atom stereocenters. The van der Waals surface area contributed by atoms with E-state index in [-0.39, 0.29) is 18.2 Å². The van der Waals surface area contributed by atoms with E-state index in [1.807, 2.05) is 13.8 Å². The molecular formula is C19H26N2O5. The first-order valence-corrected chi connectivity index (χ1v) is 8.52. The van der Waals surface area contributed by atoms with Gasteiger partial charge in [-0.2, -0.15) is 0 Å². The van der Waals surface area contributed by atoms with E-state index in [2.05, 4.69) is 15.4 Å². The van der Waals surface area contributed by atoms with Gasteiger partial charge in [0.05, 0.1) is 7.11 Å². The van der Waals surface area contributed by atoms with Crippen molar-refractivity contribution in [2.24, 2.45) is 5.92 Å². The van der Waals surface area contributed by atoms with Crippen LogP contribution in [0.2, 0.25) is 0 Å². The van der Waals surface area contributed by atoms with Gasteiger partial charge in [-0.25, -0.2) is 4.79 Å². The largest absolute Gasteiger partial charge is 0.463 e. The monoisotopic (exact) mass is 362 g/mol. The van der Waals surface area contributed by atoms with Gasteiger partial charge >= 0.3 is 5.97 Å². The van der Waals surface area contributed by atoms with Crippen LogP contribution in [0.4, 0.5) is 0 Å². The second-order valence-electron chi connectivity index (χ2n) is 6.55. The molecule has 0 aliphatic carbocycles. The molecule has 0 heterocycles. The Morgan fingerprint density at radius 1 is 1.00 bits per heavy atom. The second-order valence-corrected chi connectivity index (χ2v) is 6.55. The lowest BCUT2D eigenvalue weighted by Gasteiger charge is -2.22. The highest BCUT2D eigenvalue weighted by molar-refractivity contribution is 6.33. The molecule has 0 spiro atoms. The van der Waals surface area contributed by atoms with Crippen LogP contribution in [0, 0.1) is 5.92 Å². The normalized spacial score (nSPS) is 12.8. The van der Waals surface area contributed by atoms with Crippen LogP contribution in [0.5, 0.6) is 0 Å². The SMILES string of the molecule is COC(=O)C(=O)CC(C)NC(=O)[C@H](CC(C)C)NC(=O)c1ccccc1. The molecule has 0 aromatic heterocycles. The van der Waals surface area contributed by atoms with Crippen molar-refractivity contribution in [2.75, 3.05) is 7.11 Å². The van der Waals surface area contributed by atoms with Gasteiger partial charge in [0.2, 0.25) is 11.7 Å². The zero-order valence-corrected chi connectivity index (χ0v) is 15.6. The molecule has 0 bridgehead atoms. The summed E-state index contributed by atoms with van der Waals surface area (Å²) in [5, 5.41) is 5.40. The number of esters is 1. The number of hydrogen-bond donors (Lipinski definition) is 2. The zero-order chi connectivity index (χ0) is 19.7. The summed E-state index contributed by atoms with van der Waals surface area (Å²) in [7, 11) is 1.13. The number of ketones is 1. The first-order chi connectivity index (χ1) is 12.2. The van der Waals surface area contributed by atoms with Crippen molar-refractivity contribution in [1.82, 2.24) is 10.6 Å². The molecule has 1 unspecified atom stereocenters. The minimum Gasteiger partial charge on any atom is -0.463 e. The van der Waals surface area contributed by atoms with Gasteiger partial charge < -0.3 is 15.4 Å². The molecule has 0 saturated carbocycles. The van der Waals surface area contributed by atoms with Crippen LogP contribution in [0.1, 0.15) is 44.0 Å². The summed E-state index contributed by atoms with van der Waals surface area (Å²) >= 11 is 0. The van der Waals surface area contributed by atoms with Crippen molar-refractivity contribution in [1.29, 1.82) is 0 Å². The van der Waals surface area contributed by atoms with E-state index in [0.717, 1.165) is 7.11 Å². The van der Waals surface area contributed by atoms with E-state index in [0.29, 0.717) is 12.0 Å². The quantitative estimate of drug-likeness (QED) is 0.512. The summed E-state index contributed by atoms with van der Waals surface area (Å²) in [5.74, 6) is -2.22. The van der Waals surface area contributed by atoms with E-state index in [4.69, 9.17) is 0 Å². The minimum absolute atomic E-state index is 0.167. The number of amides is 2. The minimum atomic E-state index is -0.942. The van der Waals surface area contributed by atoms with Crippen molar-refractivity contribution in [3.8, 4) is 0 Å². The first-order valence-electron chi connectivity index (χ1n) is 8.52. The molecule has 0 aliphatic heterocycles. The topological polar surface area (TPSA) is 102 Å². The Bertz CT molecular complexity index is 643. The van der Waals surface area contributed by atoms with Crippen LogP contribution in [0.25, 0.3) is 0 Å². The van der Waals surface area contributed by atoms with E-state index < -0.39 is 29.7 Å². The highest BCUT2D eigenvalue weighted by Gasteiger charge is 2.25. The van der Waals surface area contributed by atoms with E-state index >= 15 is 0 Å². The summed E-state index contributed by atoms with van der Waals surface area (Å²) in [6, 6.07) is 7.32. The Hall–Kier alpha value is -2.70. The molecule has 2 amide bonds. The first kappa shape index (κ1) is 21.3. The number of Topliss-reactive ketones (excluding diaryl/α,β-unsaturated/α-hetero) is 1. The molecule has 1 rings (SSSR count). The number of nitrogens with one attached hydrogen (secondary N) is 2. The number of ether oxygens (including phenoxy) is 1. The fourth-order valence-electron chi connectivity index (χ4n) is 2.40. The summed E-state index contributed by atoms with van der Waals surface area (Å²) in [4.78, 5) is 47.6. The second kappa shape index (κ2) is 10.3. The summed E-state index contributed by atoms with van der Waals surface area (Å²) in [5.41, 5.74) is 0.461. The molecule has 142 valence electrons. The summed E-state index contributed by atoms with van der Waals surface area (Å²) in [6.07, 6.45) is 0.279. The number of benzene rings is 1. The summed E-state index contributed by atoms with van der Waals surface area (Å²) in [6.45, 7) is 5.50. The molecule has 7 heteroatoms. The highest BCUT2D eigenvalue weighted by Crippen LogP contribution is 2.08. The third kappa shape index (κ3) is 7.04. The Kier molecular flexibility index (Phi) is 8.48. The molecule has 7 nitrogen and oxygen atoms in total. The Balaban J connectivity index is 2.72. The van der Waals surface area contributed by atoms with Gasteiger partial charge in [-0.3, -0.25) is 14.4 Å². The van der Waals surface area contributed by atoms with Crippen molar-refractivity contribution >= 4 is 23.6 Å². The molecular weight excluding hydrogens is 336 g/mol. The van der Waals surface area contributed by atoms with E-state index in [1.54, 1.807) is 37.3 Å². The average Bonchev–Trinajstić information content (AvgIpc) is 2.60. The maximum atomic E-state index is 12.5. The lowest BCUT2D eigenvalue weighted by atomic mass is 10.0. The van der Waals surface area contributed by atoms with E-state index in [1.165, 1.54) is 0 Å². The van der Waals surface area contributed by atoms with Gasteiger partial charge in [-0.1, -0.05) is 32.0 Å². The van der Waals surface area contributed by atoms with Crippen molar-refractivity contribution < 1.29 is 23.9 Å². The van der Waals surface area contributed by atoms with Crippen molar-refractivity contribution in [3.63, 3.8) is 0 Å². The fraction of sp³-hybridized carbons (Fsp3) is 0.474. The van der Waals surface area contributed by atoms with Crippen LogP contribution in [0.15, 0.2) is 30.3 Å². The number of hydrogen-bond acceptors (Lipinski definition) is 5. The van der Waals surface area contributed by atoms with Crippen molar-refractivity contribution in [3.05, 3.63) is 35.9 Å². The molecule has 0 fully saturated rings. The third-order valence-electron chi connectivity index (χ3n) is 3.66. The van der Waals surface area contributed by atoms with Gasteiger partial charge in [0.15, 0.2) is 0 Å². The van der Waals surface area contributed by atoms with E-state index in [9.17, 15) is 19.2 Å². The molecule has 0 radical (unpaired) electrons. The van der Waals surface area contributed by atoms with Crippen molar-refractivity contribution in [2.45, 2.75) is 45.7 Å². The van der Waals surface area contributed by atoms with Gasteiger partial charge in [0, 0.05) is 18.0 Å². The van der Waals surface area contributed by atoms with Gasteiger partial charge in [-0.15, -0.1) is 0 Å². The van der Waals surface area contributed by atoms with Crippen LogP contribution in [0.3, 0.4) is 0 Å². The summed E-state index contributed by atoms with van der Waals surface area (Å²) < 4.78 is 4.36. The third-order valence-corrected chi connectivity index (χ3v) is 3.66. The van der Waals surface area contributed by atoms with Crippen LogP contribution in [-0.2, 0) is 19.1 Å². The number of rotatable bonds is 9. The lowest BCUT2D eigenvalue weighted by Crippen LogP contribution is -2.50. The Labute approximate surface area is 153 Å². The zero-order valence-electron chi connectivity index (χ0n) is 15.6. The maximum absolute atomic E-state index is 12.5. The number of carbonyl (C=O) groups excluding carboxylic acids is 4. The highest BCUT2D eigenvalue weighted by atomic mass is 16.5. The molecule has 26 heavy (non-hydrogen) atoms. The predicted molar refractivity (Wildman–Crippen MR) is 96.4 cm³/mol. The molecule has 0 saturated heterocycles. The Morgan fingerprint density at radius 3 is 2.15 bits per heavy atom. The number of methoxy groups -OCH3 is 1. The van der Waals surface area contributed by atoms with Gasteiger partial charge in [0.1, 0.15) is 6.04 Å². The van der Waals surface area contributed by atoms with Crippen LogP contribution < -0.4 is 10.6 Å². The Morgan fingerprint density at radius 2 is 1.62 bits per heavy atom. The van der Waals surface area contributed by atoms with Crippen LogP contribution in [-0.4, -0.2) is 42.8 Å². The maximum Gasteiger partial charge on any atom is 0.374 e. The molecule has 0 aliphatic rings. The molecule has 1 aromatic rings. The lowest BCUT2D eigenvalue weighted by molar-refractivity contribution is -0.151. The van der Waals surface area contributed by atoms with Crippen LogP contribution >= 0.6 is 0 Å². The smallest absolute Gasteiger partial charge is 0.374 e.